The Balaban J connectivity index is 1.42. The number of amides is 1. The highest BCUT2D eigenvalue weighted by molar-refractivity contribution is 5.79. The molecule has 23 heavy (non-hydrogen) atoms. The van der Waals surface area contributed by atoms with Crippen LogP contribution in [0.2, 0.25) is 0 Å². The van der Waals surface area contributed by atoms with Crippen LogP contribution in [-0.2, 0) is 9.53 Å². The largest absolute Gasteiger partial charge is 0.378 e. The van der Waals surface area contributed by atoms with Crippen molar-refractivity contribution in [2.45, 2.75) is 70.1 Å². The topological polar surface area (TPSA) is 65.4 Å². The molecular weight excluding hydrogens is 290 g/mol. The molecule has 2 saturated carbocycles. The van der Waals surface area contributed by atoms with Gasteiger partial charge in [-0.15, -0.1) is 0 Å². The lowest BCUT2D eigenvalue weighted by Crippen LogP contribution is -2.47. The molecule has 3 unspecified atom stereocenters. The van der Waals surface area contributed by atoms with E-state index in [2.05, 4.69) is 18.3 Å². The smallest absolute Gasteiger partial charge is 0.237 e. The number of ether oxygens (including phenoxy) is 1. The Labute approximate surface area is 139 Å². The summed E-state index contributed by atoms with van der Waals surface area (Å²) >= 11 is 0. The van der Waals surface area contributed by atoms with Gasteiger partial charge in [0.2, 0.25) is 5.91 Å². The van der Waals surface area contributed by atoms with Gasteiger partial charge in [-0.25, -0.2) is 0 Å². The van der Waals surface area contributed by atoms with Crippen LogP contribution in [0.25, 0.3) is 0 Å². The average molecular weight is 319 g/mol. The Morgan fingerprint density at radius 2 is 2.00 bits per heavy atom. The quantitative estimate of drug-likeness (QED) is 0.842. The van der Waals surface area contributed by atoms with Crippen LogP contribution in [0.15, 0.2) is 0 Å². The lowest BCUT2D eigenvalue weighted by atomic mass is 10.0. The van der Waals surface area contributed by atoms with E-state index in [0.717, 1.165) is 44.2 Å². The van der Waals surface area contributed by atoms with Crippen LogP contribution in [0, 0.1) is 23.2 Å². The number of piperidine rings is 1. The molecule has 1 amide bonds. The summed E-state index contributed by atoms with van der Waals surface area (Å²) in [7, 11) is 0. The Morgan fingerprint density at radius 1 is 1.26 bits per heavy atom. The lowest BCUT2D eigenvalue weighted by molar-refractivity contribution is -0.132. The predicted octanol–water partition coefficient (Wildman–Crippen LogP) is 2.07. The van der Waals surface area contributed by atoms with E-state index in [1.54, 1.807) is 4.90 Å². The van der Waals surface area contributed by atoms with E-state index in [4.69, 9.17) is 4.74 Å². The molecule has 1 saturated heterocycles. The Kier molecular flexibility index (Phi) is 5.55. The third-order valence-corrected chi connectivity index (χ3v) is 5.89. The van der Waals surface area contributed by atoms with Gasteiger partial charge in [0, 0.05) is 19.2 Å². The summed E-state index contributed by atoms with van der Waals surface area (Å²) < 4.78 is 5.76. The molecule has 0 bridgehead atoms. The first-order valence-corrected chi connectivity index (χ1v) is 9.25. The summed E-state index contributed by atoms with van der Waals surface area (Å²) in [6, 6.07) is 2.52. The number of hydrogen-bond acceptors (Lipinski definition) is 4. The zero-order chi connectivity index (χ0) is 16.2. The molecule has 0 aromatic carbocycles. The predicted molar refractivity (Wildman–Crippen MR) is 87.6 cm³/mol. The molecule has 1 N–H and O–H groups in total. The third-order valence-electron chi connectivity index (χ3n) is 5.89. The molecule has 0 radical (unpaired) electrons. The average Bonchev–Trinajstić information content (AvgIpc) is 3.11. The van der Waals surface area contributed by atoms with Gasteiger partial charge in [0.15, 0.2) is 0 Å². The molecule has 5 nitrogen and oxygen atoms in total. The summed E-state index contributed by atoms with van der Waals surface area (Å²) in [5, 5.41) is 12.6. The number of nitrogens with one attached hydrogen (secondary N) is 1. The minimum Gasteiger partial charge on any atom is -0.378 e. The van der Waals surface area contributed by atoms with Crippen LogP contribution in [0.3, 0.4) is 0 Å². The van der Waals surface area contributed by atoms with Crippen LogP contribution >= 0.6 is 0 Å². The molecule has 3 fully saturated rings. The number of rotatable bonds is 5. The second-order valence-electron chi connectivity index (χ2n) is 7.35. The number of likely N-dealkylation sites (tertiary alicyclic amines) is 1. The molecule has 5 atom stereocenters. The van der Waals surface area contributed by atoms with Crippen molar-refractivity contribution >= 4 is 5.91 Å². The molecule has 1 aliphatic heterocycles. The van der Waals surface area contributed by atoms with Crippen LogP contribution in [0.1, 0.15) is 51.9 Å². The molecule has 3 aliphatic rings. The second kappa shape index (κ2) is 7.63. The Morgan fingerprint density at radius 3 is 2.65 bits per heavy atom. The van der Waals surface area contributed by atoms with Crippen molar-refractivity contribution in [1.82, 2.24) is 10.2 Å². The molecule has 0 spiro atoms. The molecular formula is C18H29N3O2. The van der Waals surface area contributed by atoms with E-state index >= 15 is 0 Å². The number of fused-ring (bicyclic) bond motifs is 1. The number of hydrogen-bond donors (Lipinski definition) is 1. The summed E-state index contributed by atoms with van der Waals surface area (Å²) in [5.41, 5.74) is 0. The summed E-state index contributed by atoms with van der Waals surface area (Å²) in [6.45, 7) is 4.01. The van der Waals surface area contributed by atoms with Crippen molar-refractivity contribution in [3.63, 3.8) is 0 Å². The maximum Gasteiger partial charge on any atom is 0.237 e. The minimum atomic E-state index is -0.215. The number of carbonyl (C=O) groups excluding carboxylic acids is 1. The molecule has 2 aliphatic carbocycles. The van der Waals surface area contributed by atoms with Gasteiger partial charge in [-0.1, -0.05) is 0 Å². The maximum atomic E-state index is 12.4. The van der Waals surface area contributed by atoms with Crippen LogP contribution in [-0.4, -0.2) is 48.7 Å². The first-order valence-electron chi connectivity index (χ1n) is 9.25. The maximum absolute atomic E-state index is 12.4. The Bertz CT molecular complexity index is 448. The normalized spacial score (nSPS) is 36.7. The zero-order valence-corrected chi connectivity index (χ0v) is 14.2. The molecule has 1 heterocycles. The van der Waals surface area contributed by atoms with E-state index in [1.165, 1.54) is 25.7 Å². The monoisotopic (exact) mass is 319 g/mol. The first kappa shape index (κ1) is 16.7. The van der Waals surface area contributed by atoms with E-state index in [9.17, 15) is 10.1 Å². The van der Waals surface area contributed by atoms with E-state index in [0.29, 0.717) is 18.7 Å². The van der Waals surface area contributed by atoms with Gasteiger partial charge >= 0.3 is 0 Å². The van der Waals surface area contributed by atoms with Crippen molar-refractivity contribution in [2.75, 3.05) is 19.7 Å². The fraction of sp³-hybridized carbons (Fsp3) is 0.889. The summed E-state index contributed by atoms with van der Waals surface area (Å²) in [4.78, 5) is 14.2. The van der Waals surface area contributed by atoms with E-state index in [1.807, 2.05) is 0 Å². The van der Waals surface area contributed by atoms with Crippen molar-refractivity contribution in [3.8, 4) is 6.07 Å². The number of nitriles is 1. The molecule has 128 valence electrons. The highest BCUT2D eigenvalue weighted by Gasteiger charge is 2.42. The van der Waals surface area contributed by atoms with Gasteiger partial charge in [0.1, 0.15) is 6.04 Å². The second-order valence-corrected chi connectivity index (χ2v) is 7.35. The van der Waals surface area contributed by atoms with Gasteiger partial charge in [0.05, 0.1) is 18.7 Å². The summed E-state index contributed by atoms with van der Waals surface area (Å²) in [6.07, 6.45) is 8.09. The van der Waals surface area contributed by atoms with Crippen LogP contribution < -0.4 is 5.32 Å². The fourth-order valence-corrected chi connectivity index (χ4v) is 4.80. The summed E-state index contributed by atoms with van der Waals surface area (Å²) in [5.74, 6) is 1.63. The van der Waals surface area contributed by atoms with Gasteiger partial charge in [-0.2, -0.15) is 5.26 Å². The highest BCUT2D eigenvalue weighted by atomic mass is 16.5. The van der Waals surface area contributed by atoms with Gasteiger partial charge in [-0.3, -0.25) is 4.79 Å². The SMILES string of the molecule is CCOC1C[C@H]2CC(NCC(=O)N3CCCCC3C#N)C[C@H]2C1. The zero-order valence-electron chi connectivity index (χ0n) is 14.2. The molecule has 5 heteroatoms. The third kappa shape index (κ3) is 3.87. The van der Waals surface area contributed by atoms with Crippen molar-refractivity contribution < 1.29 is 9.53 Å². The molecule has 0 aromatic heterocycles. The fourth-order valence-electron chi connectivity index (χ4n) is 4.80. The standard InChI is InChI=1S/C18H29N3O2/c1-2-23-17-9-13-7-15(8-14(13)10-17)20-12-18(22)21-6-4-3-5-16(21)11-19/h13-17,20H,2-10,12H2,1H3/t13-,14+,15?,16?,17?. The van der Waals surface area contributed by atoms with Crippen LogP contribution in [0.5, 0.6) is 0 Å². The lowest BCUT2D eigenvalue weighted by Gasteiger charge is -2.32. The number of carbonyl (C=O) groups is 1. The molecule has 0 aromatic rings. The molecule has 3 rings (SSSR count). The first-order chi connectivity index (χ1) is 11.2. The Hall–Kier alpha value is -1.12. The minimum absolute atomic E-state index is 0.0977. The van der Waals surface area contributed by atoms with Crippen LogP contribution in [0.4, 0.5) is 0 Å². The van der Waals surface area contributed by atoms with E-state index < -0.39 is 0 Å². The highest BCUT2D eigenvalue weighted by Crippen LogP contribution is 2.45. The van der Waals surface area contributed by atoms with Crippen molar-refractivity contribution in [2.24, 2.45) is 11.8 Å². The number of nitrogens with zero attached hydrogens (tertiary/aromatic N) is 2. The van der Waals surface area contributed by atoms with Crippen molar-refractivity contribution in [3.05, 3.63) is 0 Å². The van der Waals surface area contributed by atoms with Gasteiger partial charge in [-0.05, 0) is 63.7 Å². The van der Waals surface area contributed by atoms with Gasteiger partial charge < -0.3 is 15.0 Å². The van der Waals surface area contributed by atoms with E-state index in [-0.39, 0.29) is 11.9 Å². The van der Waals surface area contributed by atoms with Gasteiger partial charge in [0.25, 0.3) is 0 Å². The van der Waals surface area contributed by atoms with Crippen molar-refractivity contribution in [1.29, 1.82) is 5.26 Å².